The van der Waals surface area contributed by atoms with E-state index in [-0.39, 0.29) is 77.6 Å². The SMILES string of the molecule is O=C([O-])C(O)c1ccccc1.O=C([O-])C(O)c1ccccc1.O=C([O-])C(O)c1ccccc1.O=C([O-])C(O)c1ccccc1.O=C([O-])C(O)c1ccccc1.[K+].[Zr+4]. The zero-order valence-electron chi connectivity index (χ0n) is 30.1. The Hall–Kier alpha value is -4.23. The Bertz CT molecular complexity index is 1550. The van der Waals surface area contributed by atoms with Gasteiger partial charge in [0.15, 0.2) is 0 Å². The third-order valence-electron chi connectivity index (χ3n) is 6.69. The molecule has 5 rings (SSSR count). The van der Waals surface area contributed by atoms with E-state index in [2.05, 4.69) is 0 Å². The molecule has 0 bridgehead atoms. The summed E-state index contributed by atoms with van der Waals surface area (Å²) < 4.78 is 0. The van der Waals surface area contributed by atoms with Crippen LogP contribution < -0.4 is 76.9 Å². The van der Waals surface area contributed by atoms with Crippen molar-refractivity contribution in [2.24, 2.45) is 0 Å². The molecular formula is C40H35KO15Zr. The molecule has 5 unspecified atom stereocenters. The minimum Gasteiger partial charge on any atom is -0.547 e. The smallest absolute Gasteiger partial charge is 0.547 e. The number of carbonyl (C=O) groups excluding carboxylic acids is 5. The van der Waals surface area contributed by atoms with Gasteiger partial charge in [0.25, 0.3) is 0 Å². The molecule has 5 atom stereocenters. The molecule has 57 heavy (non-hydrogen) atoms. The number of carbonyl (C=O) groups is 5. The number of aliphatic carboxylic acids is 5. The average molecular weight is 886 g/mol. The van der Waals surface area contributed by atoms with Crippen LogP contribution in [0.2, 0.25) is 0 Å². The van der Waals surface area contributed by atoms with Gasteiger partial charge in [0, 0.05) is 0 Å². The zero-order chi connectivity index (χ0) is 41.3. The largest absolute Gasteiger partial charge is 4.00 e. The van der Waals surface area contributed by atoms with Crippen LogP contribution in [-0.4, -0.2) is 55.4 Å². The van der Waals surface area contributed by atoms with E-state index in [0.717, 1.165) is 0 Å². The Morgan fingerprint density at radius 2 is 0.404 bits per heavy atom. The van der Waals surface area contributed by atoms with Crippen LogP contribution in [0.4, 0.5) is 0 Å². The van der Waals surface area contributed by atoms with Crippen LogP contribution in [0.25, 0.3) is 0 Å². The number of aliphatic hydroxyl groups excluding tert-OH is 5. The number of rotatable bonds is 10. The van der Waals surface area contributed by atoms with Gasteiger partial charge in [0.1, 0.15) is 30.5 Å². The molecule has 0 saturated carbocycles. The first-order valence-corrected chi connectivity index (χ1v) is 15.8. The topological polar surface area (TPSA) is 302 Å². The minimum atomic E-state index is -1.52. The van der Waals surface area contributed by atoms with Gasteiger partial charge in [0.2, 0.25) is 0 Å². The number of hydrogen-bond acceptors (Lipinski definition) is 15. The van der Waals surface area contributed by atoms with E-state index >= 15 is 0 Å². The summed E-state index contributed by atoms with van der Waals surface area (Å²) in [6, 6.07) is 40.5. The van der Waals surface area contributed by atoms with Gasteiger partial charge in [-0.3, -0.25) is 0 Å². The Morgan fingerprint density at radius 3 is 0.491 bits per heavy atom. The Balaban J connectivity index is 0. The van der Waals surface area contributed by atoms with Crippen LogP contribution in [-0.2, 0) is 50.2 Å². The zero-order valence-corrected chi connectivity index (χ0v) is 35.7. The standard InChI is InChI=1S/5C8H8O3.K.Zr/c5*9-7(8(10)11)6-4-2-1-3-5-6;;/h5*1-5,7,9H,(H,10,11);;/q;;;;;+1;+4/p-5. The van der Waals surface area contributed by atoms with Crippen molar-refractivity contribution in [3.63, 3.8) is 0 Å². The molecule has 0 fully saturated rings. The van der Waals surface area contributed by atoms with Crippen molar-refractivity contribution in [1.29, 1.82) is 0 Å². The molecule has 5 N–H and O–H groups in total. The summed E-state index contributed by atoms with van der Waals surface area (Å²) in [5.74, 6) is -7.38. The van der Waals surface area contributed by atoms with Crippen LogP contribution in [0.5, 0.6) is 0 Å². The van der Waals surface area contributed by atoms with E-state index in [1.54, 1.807) is 91.0 Å². The van der Waals surface area contributed by atoms with E-state index in [1.807, 2.05) is 0 Å². The summed E-state index contributed by atoms with van der Waals surface area (Å²) in [5, 5.41) is 95.4. The molecule has 0 spiro atoms. The molecule has 0 heterocycles. The molecule has 0 aliphatic carbocycles. The quantitative estimate of drug-likeness (QED) is 0.0817. The maximum atomic E-state index is 10.1. The molecule has 290 valence electrons. The summed E-state index contributed by atoms with van der Waals surface area (Å²) in [7, 11) is 0. The van der Waals surface area contributed by atoms with Crippen molar-refractivity contribution < 1.29 is 153 Å². The van der Waals surface area contributed by atoms with Gasteiger partial charge < -0.3 is 75.0 Å². The number of aliphatic hydroxyl groups is 5. The van der Waals surface area contributed by atoms with Crippen molar-refractivity contribution >= 4 is 29.8 Å². The predicted molar refractivity (Wildman–Crippen MR) is 182 cm³/mol. The van der Waals surface area contributed by atoms with Crippen molar-refractivity contribution in [1.82, 2.24) is 0 Å². The van der Waals surface area contributed by atoms with E-state index in [0.29, 0.717) is 27.8 Å². The van der Waals surface area contributed by atoms with E-state index in [4.69, 9.17) is 25.5 Å². The molecule has 0 saturated heterocycles. The number of benzene rings is 5. The Kier molecular flexibility index (Phi) is 29.7. The molecule has 5 aromatic carbocycles. The van der Waals surface area contributed by atoms with Gasteiger partial charge in [-0.2, -0.15) is 0 Å². The minimum absolute atomic E-state index is 0. The van der Waals surface area contributed by atoms with E-state index in [1.165, 1.54) is 60.7 Å². The van der Waals surface area contributed by atoms with Gasteiger partial charge in [-0.25, -0.2) is 0 Å². The normalized spacial score (nSPS) is 12.0. The summed E-state index contributed by atoms with van der Waals surface area (Å²) in [4.78, 5) is 50.7. The summed E-state index contributed by atoms with van der Waals surface area (Å²) >= 11 is 0. The molecule has 5 aromatic rings. The average Bonchev–Trinajstić information content (AvgIpc) is 3.21. The molecular weight excluding hydrogens is 851 g/mol. The maximum Gasteiger partial charge on any atom is 4.00 e. The second kappa shape index (κ2) is 30.8. The second-order valence-electron chi connectivity index (χ2n) is 10.7. The van der Waals surface area contributed by atoms with Crippen LogP contribution in [0, 0.1) is 0 Å². The summed E-state index contributed by atoms with van der Waals surface area (Å²) in [5.41, 5.74) is 1.70. The molecule has 17 heteroatoms. The third kappa shape index (κ3) is 22.3. The molecule has 0 aromatic heterocycles. The third-order valence-corrected chi connectivity index (χ3v) is 6.69. The summed E-state index contributed by atoms with van der Waals surface area (Å²) in [6.45, 7) is 0. The van der Waals surface area contributed by atoms with Crippen LogP contribution >= 0.6 is 0 Å². The summed E-state index contributed by atoms with van der Waals surface area (Å²) in [6.07, 6.45) is -7.59. The first kappa shape index (κ1) is 54.9. The van der Waals surface area contributed by atoms with Gasteiger partial charge >= 0.3 is 77.6 Å². The molecule has 0 aliphatic heterocycles. The van der Waals surface area contributed by atoms with Crippen molar-refractivity contribution in [3.05, 3.63) is 179 Å². The molecule has 0 amide bonds. The Morgan fingerprint density at radius 1 is 0.298 bits per heavy atom. The van der Waals surface area contributed by atoms with Crippen LogP contribution in [0.15, 0.2) is 152 Å². The second-order valence-corrected chi connectivity index (χ2v) is 10.7. The van der Waals surface area contributed by atoms with Crippen LogP contribution in [0.1, 0.15) is 58.3 Å². The van der Waals surface area contributed by atoms with Gasteiger partial charge in [0.05, 0.1) is 29.8 Å². The van der Waals surface area contributed by atoms with Crippen molar-refractivity contribution in [2.75, 3.05) is 0 Å². The number of hydrogen-bond donors (Lipinski definition) is 5. The van der Waals surface area contributed by atoms with Crippen molar-refractivity contribution in [2.45, 2.75) is 30.5 Å². The molecule has 0 radical (unpaired) electrons. The number of carboxylic acid groups (broad SMARTS) is 5. The van der Waals surface area contributed by atoms with E-state index in [9.17, 15) is 49.5 Å². The molecule has 0 aliphatic rings. The van der Waals surface area contributed by atoms with Crippen LogP contribution in [0.3, 0.4) is 0 Å². The predicted octanol–water partition coefficient (Wildman–Crippen LogP) is -5.65. The Labute approximate surface area is 388 Å². The van der Waals surface area contributed by atoms with Crippen molar-refractivity contribution in [3.8, 4) is 0 Å². The molecule has 15 nitrogen and oxygen atoms in total. The van der Waals surface area contributed by atoms with Gasteiger partial charge in [-0.05, 0) is 27.8 Å². The van der Waals surface area contributed by atoms with E-state index < -0.39 is 60.4 Å². The fourth-order valence-electron chi connectivity index (χ4n) is 3.86. The maximum absolute atomic E-state index is 10.1. The van der Waals surface area contributed by atoms with Gasteiger partial charge in [-0.15, -0.1) is 0 Å². The fraction of sp³-hybridized carbons (Fsp3) is 0.125. The first-order chi connectivity index (χ1) is 26.1. The number of carboxylic acids is 5. The monoisotopic (exact) mass is 884 g/mol. The fourth-order valence-corrected chi connectivity index (χ4v) is 3.86. The van der Waals surface area contributed by atoms with Gasteiger partial charge in [-0.1, -0.05) is 152 Å². The first-order valence-electron chi connectivity index (χ1n) is 15.8.